The lowest BCUT2D eigenvalue weighted by Crippen LogP contribution is -2.44. The number of fused-ring (bicyclic) bond motifs is 1. The Kier molecular flexibility index (Phi) is 27.0. The maximum absolute atomic E-state index is 12.6. The van der Waals surface area contributed by atoms with E-state index in [1.54, 1.807) is 42.6 Å². The van der Waals surface area contributed by atoms with E-state index in [4.69, 9.17) is 25.7 Å². The summed E-state index contributed by atoms with van der Waals surface area (Å²) < 4.78 is 16.7. The molecule has 0 spiro atoms. The molecule has 0 radical (unpaired) electrons. The molecular formula is C47H70N12O11S. The van der Waals surface area contributed by atoms with Crippen LogP contribution in [-0.2, 0) is 38.2 Å². The van der Waals surface area contributed by atoms with E-state index < -0.39 is 23.8 Å². The highest BCUT2D eigenvalue weighted by molar-refractivity contribution is 8.00. The number of benzene rings is 1. The monoisotopic (exact) mass is 1010 g/mol. The molecule has 2 aliphatic rings. The number of rotatable bonds is 37. The number of nitrogens with zero attached hydrogens (tertiary/aromatic N) is 2. The van der Waals surface area contributed by atoms with Crippen LogP contribution >= 0.6 is 11.8 Å². The first-order chi connectivity index (χ1) is 34.4. The number of pyridine rings is 1. The van der Waals surface area contributed by atoms with Crippen molar-refractivity contribution in [3.8, 4) is 0 Å². The number of ether oxygens (including phenoxy) is 3. The molecule has 71 heavy (non-hydrogen) atoms. The molecule has 2 saturated heterocycles. The Hall–Kier alpha value is -6.21. The molecule has 8 amide bonds. The summed E-state index contributed by atoms with van der Waals surface area (Å²) in [6.07, 6.45) is 8.62. The largest absolute Gasteiger partial charge is 0.379 e. The Morgan fingerprint density at radius 2 is 1.39 bits per heavy atom. The summed E-state index contributed by atoms with van der Waals surface area (Å²) >= 11 is 1.89. The van der Waals surface area contributed by atoms with Crippen LogP contribution in [0.15, 0.2) is 47.7 Å². The Labute approximate surface area is 418 Å². The molecule has 1 aromatic heterocycles. The van der Waals surface area contributed by atoms with Crippen LogP contribution in [-0.4, -0.2) is 160 Å². The van der Waals surface area contributed by atoms with Crippen LogP contribution in [0, 0.1) is 0 Å². The maximum atomic E-state index is 12.6. The highest BCUT2D eigenvalue weighted by Gasteiger charge is 2.42. The van der Waals surface area contributed by atoms with Crippen LogP contribution < -0.4 is 54.1 Å². The first-order valence-electron chi connectivity index (χ1n) is 24.1. The topological polar surface area (TPSA) is 338 Å². The molecule has 12 N–H and O–H groups in total. The van der Waals surface area contributed by atoms with Gasteiger partial charge in [0.2, 0.25) is 23.6 Å². The number of ketones is 1. The molecule has 0 aliphatic carbocycles. The highest BCUT2D eigenvalue weighted by Crippen LogP contribution is 2.33. The zero-order chi connectivity index (χ0) is 51.1. The number of urea groups is 1. The predicted octanol–water partition coefficient (Wildman–Crippen LogP) is 0.224. The fraction of sp³-hybridized carbons (Fsp3) is 0.574. The van der Waals surface area contributed by atoms with Crippen LogP contribution in [0.3, 0.4) is 0 Å². The van der Waals surface area contributed by atoms with Gasteiger partial charge in [0.1, 0.15) is 11.9 Å². The van der Waals surface area contributed by atoms with Crippen LogP contribution in [0.5, 0.6) is 0 Å². The Balaban J connectivity index is 0.932. The van der Waals surface area contributed by atoms with E-state index in [1.807, 2.05) is 11.8 Å². The van der Waals surface area contributed by atoms with Crippen LogP contribution in [0.2, 0.25) is 0 Å². The first-order valence-corrected chi connectivity index (χ1v) is 25.1. The number of thioether (sulfide) groups is 1. The minimum absolute atomic E-state index is 0.0516. The van der Waals surface area contributed by atoms with Gasteiger partial charge in [0.15, 0.2) is 5.78 Å². The van der Waals surface area contributed by atoms with Gasteiger partial charge < -0.3 is 62.9 Å². The fourth-order valence-electron chi connectivity index (χ4n) is 7.21. The summed E-state index contributed by atoms with van der Waals surface area (Å²) in [7, 11) is 0. The summed E-state index contributed by atoms with van der Waals surface area (Å²) in [6.45, 7) is 3.57. The normalized spacial score (nSPS) is 16.3. The Bertz CT molecular complexity index is 2050. The third kappa shape index (κ3) is 23.5. The summed E-state index contributed by atoms with van der Waals surface area (Å²) in [4.78, 5) is 100. The molecule has 4 rings (SSSR count). The minimum atomic E-state index is -0.927. The summed E-state index contributed by atoms with van der Waals surface area (Å²) in [6, 6.07) is 9.45. The molecule has 0 saturated carbocycles. The van der Waals surface area contributed by atoms with E-state index in [9.17, 15) is 38.4 Å². The smallest absolute Gasteiger partial charge is 0.315 e. The maximum Gasteiger partial charge on any atom is 0.315 e. The van der Waals surface area contributed by atoms with Gasteiger partial charge in [-0.2, -0.15) is 16.9 Å². The molecule has 2 aliphatic heterocycles. The van der Waals surface area contributed by atoms with Gasteiger partial charge in [-0.3, -0.25) is 39.0 Å². The number of primary amides is 1. The van der Waals surface area contributed by atoms with Crippen LogP contribution in [0.25, 0.3) is 0 Å². The van der Waals surface area contributed by atoms with E-state index in [2.05, 4.69) is 52.7 Å². The number of unbranched alkanes of at least 4 members (excludes halogenated alkanes) is 2. The summed E-state index contributed by atoms with van der Waals surface area (Å²) in [5.74, 6) is -1.19. The predicted molar refractivity (Wildman–Crippen MR) is 267 cm³/mol. The van der Waals surface area contributed by atoms with E-state index >= 15 is 0 Å². The number of aromatic nitrogens is 1. The van der Waals surface area contributed by atoms with Gasteiger partial charge in [-0.1, -0.05) is 18.6 Å². The third-order valence-corrected chi connectivity index (χ3v) is 12.6. The van der Waals surface area contributed by atoms with Gasteiger partial charge in [-0.05, 0) is 74.8 Å². The lowest BCUT2D eigenvalue weighted by atomic mass is 10.0. The number of amides is 8. The molecule has 2 fully saturated rings. The molecule has 24 heteroatoms. The third-order valence-electron chi connectivity index (χ3n) is 11.1. The van der Waals surface area contributed by atoms with Gasteiger partial charge in [0.05, 0.1) is 63.4 Å². The van der Waals surface area contributed by atoms with Gasteiger partial charge in [-0.15, -0.1) is 0 Å². The van der Waals surface area contributed by atoms with Crippen molar-refractivity contribution < 1.29 is 52.6 Å². The van der Waals surface area contributed by atoms with Crippen molar-refractivity contribution in [2.24, 2.45) is 16.6 Å². The van der Waals surface area contributed by atoms with Crippen molar-refractivity contribution in [2.75, 3.05) is 83.5 Å². The van der Waals surface area contributed by atoms with Crippen molar-refractivity contribution in [3.05, 3.63) is 59.3 Å². The number of hydrogen-bond acceptors (Lipinski definition) is 16. The molecule has 0 bridgehead atoms. The molecule has 23 nitrogen and oxygen atoms in total. The molecule has 1 aromatic carbocycles. The number of Topliss-reactive ketones (excluding diaryl/α,β-unsaturated/α-hetero) is 1. The van der Waals surface area contributed by atoms with Crippen molar-refractivity contribution in [1.29, 1.82) is 0 Å². The van der Waals surface area contributed by atoms with E-state index in [0.717, 1.165) is 37.0 Å². The lowest BCUT2D eigenvalue weighted by molar-refractivity contribution is -0.129. The molecule has 3 heterocycles. The van der Waals surface area contributed by atoms with Crippen molar-refractivity contribution in [1.82, 2.24) is 42.2 Å². The second kappa shape index (κ2) is 33.4. The van der Waals surface area contributed by atoms with Crippen molar-refractivity contribution in [2.45, 2.75) is 94.0 Å². The van der Waals surface area contributed by atoms with E-state index in [1.165, 1.54) is 6.20 Å². The van der Waals surface area contributed by atoms with Crippen molar-refractivity contribution in [3.63, 3.8) is 0 Å². The number of hydrazone groups is 1. The van der Waals surface area contributed by atoms with Gasteiger partial charge >= 0.3 is 6.03 Å². The number of anilines is 1. The average Bonchev–Trinajstić information content (AvgIpc) is 3.93. The number of nitrogens with one attached hydrogen (secondary N) is 8. The number of nitrogens with two attached hydrogens (primary N) is 2. The average molecular weight is 1010 g/mol. The van der Waals surface area contributed by atoms with Gasteiger partial charge in [0, 0.05) is 74.9 Å². The summed E-state index contributed by atoms with van der Waals surface area (Å²) in [5.41, 5.74) is 15.0. The van der Waals surface area contributed by atoms with Gasteiger partial charge in [0.25, 0.3) is 11.8 Å². The Morgan fingerprint density at radius 1 is 0.732 bits per heavy atom. The molecular weight excluding hydrogens is 941 g/mol. The van der Waals surface area contributed by atoms with Crippen LogP contribution in [0.1, 0.15) is 96.9 Å². The highest BCUT2D eigenvalue weighted by atomic mass is 32.2. The first kappa shape index (κ1) is 57.4. The van der Waals surface area contributed by atoms with Crippen LogP contribution in [0.4, 0.5) is 10.6 Å². The quantitative estimate of drug-likeness (QED) is 0.0187. The number of hydrogen-bond donors (Lipinski definition) is 10. The number of carbonyl (C=O) groups is 8. The van der Waals surface area contributed by atoms with Gasteiger partial charge in [-0.25, -0.2) is 9.78 Å². The standard InChI is InChI=1S/C47H70N12O11S/c48-27-42(63)54-30-35(60)15-17-41(62)56-36(44(49)64)7-3-4-18-51-45(65)33-12-10-32(11-13-33)28-55-59-39-16-14-34(29-53-39)46(66)52-20-6-22-69-24-26-70-25-23-68-21-5-19-50-40(61)9-2-1-8-38-43-37(31-71-38)57-47(67)58-43/h10-14,16,28-29,36-38,43H,1-9,15,17-27,30-31,48H2,(H2,49,64)(H,50,61)(H,51,65)(H,52,66)(H,53,59)(H,54,63)(H,56,62)(H2,57,58,67)/b55-28+/t36-,37?,38?,43?/m0/s1. The molecule has 4 atom stereocenters. The SMILES string of the molecule is NCC(=O)NCC(=O)CCC(=O)N[C@@H](CCCCNC(=O)c1ccc(/C=N/Nc2ccc(C(=O)NCCCOCCOCCOCCCNC(=O)CCCCC3SCC4NC(=O)NC43)cn2)cc1)C(N)=O. The summed E-state index contributed by atoms with van der Waals surface area (Å²) in [5, 5.41) is 24.0. The molecule has 2 aromatic rings. The van der Waals surface area contributed by atoms with E-state index in [0.29, 0.717) is 107 Å². The minimum Gasteiger partial charge on any atom is -0.379 e. The second-order valence-electron chi connectivity index (χ2n) is 16.7. The zero-order valence-corrected chi connectivity index (χ0v) is 41.0. The zero-order valence-electron chi connectivity index (χ0n) is 40.1. The number of carbonyl (C=O) groups excluding carboxylic acids is 8. The molecule has 3 unspecified atom stereocenters. The van der Waals surface area contributed by atoms with Crippen molar-refractivity contribution >= 4 is 71.1 Å². The molecule has 390 valence electrons. The fourth-order valence-corrected chi connectivity index (χ4v) is 8.76. The lowest BCUT2D eigenvalue weighted by Gasteiger charge is -2.16. The Morgan fingerprint density at radius 3 is 2.07 bits per heavy atom. The van der Waals surface area contributed by atoms with E-state index in [-0.39, 0.29) is 74.0 Å². The second-order valence-corrected chi connectivity index (χ2v) is 18.0.